The Hall–Kier alpha value is -1.17. The minimum atomic E-state index is -0.567. The summed E-state index contributed by atoms with van der Waals surface area (Å²) < 4.78 is 0. The number of nitro groups is 1. The summed E-state index contributed by atoms with van der Waals surface area (Å²) in [4.78, 5) is 18.2. The van der Waals surface area contributed by atoms with Gasteiger partial charge in [-0.05, 0) is 13.0 Å². The number of nitrogens with zero attached hydrogens (tertiary/aromatic N) is 3. The molecule has 0 saturated carbocycles. The highest BCUT2D eigenvalue weighted by Gasteiger charge is 2.22. The first kappa shape index (κ1) is 12.3. The van der Waals surface area contributed by atoms with Crippen LogP contribution in [0.3, 0.4) is 0 Å². The van der Waals surface area contributed by atoms with E-state index in [0.29, 0.717) is 5.56 Å². The van der Waals surface area contributed by atoms with Gasteiger partial charge in [-0.25, -0.2) is 9.97 Å². The van der Waals surface area contributed by atoms with Gasteiger partial charge in [0.05, 0.1) is 15.5 Å². The molecule has 1 aromatic heterocycles. The summed E-state index contributed by atoms with van der Waals surface area (Å²) in [6.45, 7) is 1.53. The molecule has 0 saturated heterocycles. The van der Waals surface area contributed by atoms with Crippen molar-refractivity contribution in [2.75, 3.05) is 0 Å². The van der Waals surface area contributed by atoms with Crippen LogP contribution in [0.15, 0.2) is 6.07 Å². The number of hydrogen-bond donors (Lipinski definition) is 0. The Morgan fingerprint density at radius 3 is 2.41 bits per heavy atom. The Labute approximate surface area is 110 Å². The van der Waals surface area contributed by atoms with E-state index in [4.69, 9.17) is 34.8 Å². The van der Waals surface area contributed by atoms with Crippen molar-refractivity contribution in [2.24, 2.45) is 0 Å². The number of hydrogen-bond acceptors (Lipinski definition) is 4. The second-order valence-corrected chi connectivity index (χ2v) is 4.39. The van der Waals surface area contributed by atoms with Crippen LogP contribution in [-0.2, 0) is 0 Å². The molecule has 0 aliphatic carbocycles. The summed E-state index contributed by atoms with van der Waals surface area (Å²) in [5.74, 6) is 0. The Morgan fingerprint density at radius 2 is 1.82 bits per heavy atom. The molecule has 0 spiro atoms. The SMILES string of the molecule is Cc1c(Cl)cc2nc(Cl)c(Cl)nc2c1[N+](=O)[O-]. The van der Waals surface area contributed by atoms with Crippen molar-refractivity contribution in [1.82, 2.24) is 9.97 Å². The second kappa shape index (κ2) is 4.25. The number of halogens is 3. The zero-order valence-corrected chi connectivity index (χ0v) is 10.6. The van der Waals surface area contributed by atoms with E-state index in [2.05, 4.69) is 9.97 Å². The fraction of sp³-hybridized carbons (Fsp3) is 0.111. The largest absolute Gasteiger partial charge is 0.301 e. The van der Waals surface area contributed by atoms with E-state index in [1.165, 1.54) is 13.0 Å². The van der Waals surface area contributed by atoms with Gasteiger partial charge in [0.15, 0.2) is 15.8 Å². The summed E-state index contributed by atoms with van der Waals surface area (Å²) in [5.41, 5.74) is 0.420. The molecular formula is C9H4Cl3N3O2. The van der Waals surface area contributed by atoms with Crippen LogP contribution in [0, 0.1) is 17.0 Å². The van der Waals surface area contributed by atoms with Crippen LogP contribution in [0.4, 0.5) is 5.69 Å². The van der Waals surface area contributed by atoms with Gasteiger partial charge in [-0.3, -0.25) is 10.1 Å². The smallest absolute Gasteiger partial charge is 0.258 e. The molecule has 0 N–H and O–H groups in total. The lowest BCUT2D eigenvalue weighted by Gasteiger charge is -2.04. The molecule has 5 nitrogen and oxygen atoms in total. The molecule has 1 heterocycles. The highest BCUT2D eigenvalue weighted by molar-refractivity contribution is 6.40. The van der Waals surface area contributed by atoms with Crippen molar-refractivity contribution in [2.45, 2.75) is 6.92 Å². The summed E-state index contributed by atoms with van der Waals surface area (Å²) in [6, 6.07) is 1.47. The summed E-state index contributed by atoms with van der Waals surface area (Å²) in [7, 11) is 0. The first-order valence-corrected chi connectivity index (χ1v) is 5.51. The third kappa shape index (κ3) is 2.01. The topological polar surface area (TPSA) is 68.9 Å². The van der Waals surface area contributed by atoms with Crippen molar-refractivity contribution < 1.29 is 4.92 Å². The standard InChI is InChI=1S/C9H4Cl3N3O2/c1-3-4(10)2-5-6(7(3)15(16)17)14-9(12)8(11)13-5/h2H,1H3. The minimum absolute atomic E-state index is 0.0200. The second-order valence-electron chi connectivity index (χ2n) is 3.26. The molecule has 2 aromatic rings. The average Bonchev–Trinajstić information content (AvgIpc) is 2.23. The maximum atomic E-state index is 11.0. The van der Waals surface area contributed by atoms with Gasteiger partial charge in [-0.2, -0.15) is 0 Å². The van der Waals surface area contributed by atoms with Gasteiger partial charge < -0.3 is 0 Å². The summed E-state index contributed by atoms with van der Waals surface area (Å²) >= 11 is 17.3. The van der Waals surface area contributed by atoms with E-state index >= 15 is 0 Å². The van der Waals surface area contributed by atoms with Crippen LogP contribution in [0.25, 0.3) is 11.0 Å². The molecule has 2 rings (SSSR count). The number of rotatable bonds is 1. The Morgan fingerprint density at radius 1 is 1.24 bits per heavy atom. The van der Waals surface area contributed by atoms with E-state index in [0.717, 1.165) is 0 Å². The van der Waals surface area contributed by atoms with E-state index in [1.54, 1.807) is 0 Å². The van der Waals surface area contributed by atoms with Crippen LogP contribution >= 0.6 is 34.8 Å². The fourth-order valence-corrected chi connectivity index (χ4v) is 1.88. The molecule has 0 aliphatic rings. The predicted octanol–water partition coefficient (Wildman–Crippen LogP) is 3.81. The van der Waals surface area contributed by atoms with Crippen LogP contribution in [0.5, 0.6) is 0 Å². The van der Waals surface area contributed by atoms with Crippen LogP contribution in [0.1, 0.15) is 5.56 Å². The maximum Gasteiger partial charge on any atom is 0.301 e. The molecule has 0 radical (unpaired) electrons. The van der Waals surface area contributed by atoms with Gasteiger partial charge in [0.2, 0.25) is 0 Å². The third-order valence-corrected chi connectivity index (χ3v) is 3.24. The van der Waals surface area contributed by atoms with Crippen molar-refractivity contribution in [3.8, 4) is 0 Å². The quantitative estimate of drug-likeness (QED) is 0.592. The van der Waals surface area contributed by atoms with Crippen LogP contribution < -0.4 is 0 Å². The molecule has 0 amide bonds. The maximum absolute atomic E-state index is 11.0. The zero-order valence-electron chi connectivity index (χ0n) is 8.37. The molecule has 17 heavy (non-hydrogen) atoms. The fourth-order valence-electron chi connectivity index (χ4n) is 1.42. The molecular weight excluding hydrogens is 288 g/mol. The molecule has 0 aliphatic heterocycles. The van der Waals surface area contributed by atoms with Crippen molar-refractivity contribution in [3.63, 3.8) is 0 Å². The number of benzene rings is 1. The molecule has 0 bridgehead atoms. The van der Waals surface area contributed by atoms with Gasteiger partial charge >= 0.3 is 5.69 Å². The lowest BCUT2D eigenvalue weighted by atomic mass is 10.1. The minimum Gasteiger partial charge on any atom is -0.258 e. The Kier molecular flexibility index (Phi) is 3.07. The van der Waals surface area contributed by atoms with Crippen molar-refractivity contribution >= 4 is 51.5 Å². The summed E-state index contributed by atoms with van der Waals surface area (Å²) in [6.07, 6.45) is 0. The first-order valence-electron chi connectivity index (χ1n) is 4.38. The zero-order chi connectivity index (χ0) is 12.7. The summed E-state index contributed by atoms with van der Waals surface area (Å²) in [5, 5.41) is 11.1. The molecule has 0 unspecified atom stereocenters. The van der Waals surface area contributed by atoms with Gasteiger partial charge in [-0.15, -0.1) is 0 Å². The van der Waals surface area contributed by atoms with Gasteiger partial charge in [0, 0.05) is 5.56 Å². The predicted molar refractivity (Wildman–Crippen MR) is 66.0 cm³/mol. The van der Waals surface area contributed by atoms with Gasteiger partial charge in [-0.1, -0.05) is 34.8 Å². The lowest BCUT2D eigenvalue weighted by Crippen LogP contribution is -1.98. The van der Waals surface area contributed by atoms with E-state index in [9.17, 15) is 10.1 Å². The number of aromatic nitrogens is 2. The average molecular weight is 293 g/mol. The van der Waals surface area contributed by atoms with Gasteiger partial charge in [0.1, 0.15) is 0 Å². The van der Waals surface area contributed by atoms with E-state index < -0.39 is 4.92 Å². The number of nitro benzene ring substituents is 1. The number of fused-ring (bicyclic) bond motifs is 1. The Balaban J connectivity index is 2.98. The normalized spacial score (nSPS) is 10.8. The highest BCUT2D eigenvalue weighted by Crippen LogP contribution is 2.34. The van der Waals surface area contributed by atoms with Crippen LogP contribution in [-0.4, -0.2) is 14.9 Å². The highest BCUT2D eigenvalue weighted by atomic mass is 35.5. The molecule has 0 fully saturated rings. The van der Waals surface area contributed by atoms with Crippen molar-refractivity contribution in [1.29, 1.82) is 0 Å². The first-order chi connectivity index (χ1) is 7.91. The molecule has 8 heteroatoms. The van der Waals surface area contributed by atoms with Crippen LogP contribution in [0.2, 0.25) is 15.3 Å². The Bertz CT molecular complexity index is 640. The monoisotopic (exact) mass is 291 g/mol. The van der Waals surface area contributed by atoms with Gasteiger partial charge in [0.25, 0.3) is 0 Å². The van der Waals surface area contributed by atoms with E-state index in [1.807, 2.05) is 0 Å². The molecule has 1 aromatic carbocycles. The lowest BCUT2D eigenvalue weighted by molar-refractivity contribution is -0.383. The van der Waals surface area contributed by atoms with E-state index in [-0.39, 0.29) is 32.0 Å². The van der Waals surface area contributed by atoms with Crippen molar-refractivity contribution in [3.05, 3.63) is 37.1 Å². The third-order valence-electron chi connectivity index (χ3n) is 2.23. The molecule has 88 valence electrons. The molecule has 0 atom stereocenters.